The first kappa shape index (κ1) is 19.1. The Balaban J connectivity index is 1.82. The summed E-state index contributed by atoms with van der Waals surface area (Å²) in [4.78, 5) is 25.4. The molecule has 1 fully saturated rings. The molecule has 0 spiro atoms. The Bertz CT molecular complexity index is 697. The minimum atomic E-state index is -0.839. The van der Waals surface area contributed by atoms with E-state index in [4.69, 9.17) is 9.16 Å². The molecular formula is C20H28NO4Si. The van der Waals surface area contributed by atoms with Crippen molar-refractivity contribution in [2.75, 3.05) is 13.2 Å². The first-order chi connectivity index (χ1) is 12.2. The molecule has 2 aliphatic heterocycles. The number of para-hydroxylation sites is 1. The van der Waals surface area contributed by atoms with Gasteiger partial charge in [0.05, 0.1) is 23.4 Å². The number of ketones is 1. The van der Waals surface area contributed by atoms with E-state index in [1.54, 1.807) is 6.07 Å². The molecule has 5 nitrogen and oxygen atoms in total. The van der Waals surface area contributed by atoms with Gasteiger partial charge in [0.15, 0.2) is 5.78 Å². The van der Waals surface area contributed by atoms with Crippen LogP contribution in [0.25, 0.3) is 0 Å². The van der Waals surface area contributed by atoms with E-state index in [1.165, 1.54) is 0 Å². The maximum absolute atomic E-state index is 13.0. The quantitative estimate of drug-likeness (QED) is 0.636. The molecule has 1 saturated heterocycles. The highest BCUT2D eigenvalue weighted by molar-refractivity contribution is 6.48. The predicted octanol–water partition coefficient (Wildman–Crippen LogP) is 2.92. The molecular weight excluding hydrogens is 346 g/mol. The monoisotopic (exact) mass is 374 g/mol. The lowest BCUT2D eigenvalue weighted by molar-refractivity contribution is -0.144. The average Bonchev–Trinajstić information content (AvgIpc) is 2.56. The molecule has 0 aromatic heterocycles. The third-order valence-electron chi connectivity index (χ3n) is 5.44. The molecule has 1 radical (unpaired) electrons. The van der Waals surface area contributed by atoms with Crippen LogP contribution >= 0.6 is 0 Å². The van der Waals surface area contributed by atoms with Gasteiger partial charge in [-0.05, 0) is 36.6 Å². The van der Waals surface area contributed by atoms with Crippen LogP contribution in [0.15, 0.2) is 24.3 Å². The predicted molar refractivity (Wildman–Crippen MR) is 102 cm³/mol. The summed E-state index contributed by atoms with van der Waals surface area (Å²) in [6, 6.07) is 7.13. The highest BCUT2D eigenvalue weighted by Crippen LogP contribution is 2.42. The molecule has 0 unspecified atom stereocenters. The number of nitrogens with one attached hydrogen (secondary N) is 1. The van der Waals surface area contributed by atoms with Gasteiger partial charge < -0.3 is 14.5 Å². The van der Waals surface area contributed by atoms with Crippen molar-refractivity contribution in [1.82, 2.24) is 5.32 Å². The first-order valence-electron chi connectivity index (χ1n) is 9.19. The molecule has 141 valence electrons. The van der Waals surface area contributed by atoms with Gasteiger partial charge in [-0.3, -0.25) is 9.59 Å². The zero-order valence-electron chi connectivity index (χ0n) is 16.2. The number of hydrogen-bond donors (Lipinski definition) is 1. The van der Waals surface area contributed by atoms with Gasteiger partial charge in [0, 0.05) is 6.61 Å². The molecule has 1 amide bonds. The summed E-state index contributed by atoms with van der Waals surface area (Å²) in [5.41, 5.74) is 0.522. The van der Waals surface area contributed by atoms with Gasteiger partial charge in [0.1, 0.15) is 12.4 Å². The Morgan fingerprint density at radius 3 is 2.58 bits per heavy atom. The Morgan fingerprint density at radius 2 is 1.96 bits per heavy atom. The normalized spacial score (nSPS) is 26.6. The van der Waals surface area contributed by atoms with Crippen LogP contribution in [0.3, 0.4) is 0 Å². The van der Waals surface area contributed by atoms with E-state index in [9.17, 15) is 9.59 Å². The summed E-state index contributed by atoms with van der Waals surface area (Å²) in [5.74, 6) is 0.212. The SMILES string of the molecule is C[Si](C)OC[C@H]([C@@H]1C(=O)N[C@@H]1[C@@H]1COc2ccccc2C1=O)C(C)(C)C. The van der Waals surface area contributed by atoms with E-state index < -0.39 is 9.04 Å². The maximum atomic E-state index is 13.0. The first-order valence-corrected chi connectivity index (χ1v) is 11.6. The molecule has 6 heteroatoms. The molecule has 0 aliphatic carbocycles. The zero-order valence-corrected chi connectivity index (χ0v) is 17.2. The van der Waals surface area contributed by atoms with Crippen molar-refractivity contribution in [2.24, 2.45) is 23.2 Å². The van der Waals surface area contributed by atoms with Crippen LogP contribution in [0.1, 0.15) is 31.1 Å². The Labute approximate surface area is 157 Å². The Kier molecular flexibility index (Phi) is 5.26. The van der Waals surface area contributed by atoms with Crippen molar-refractivity contribution in [2.45, 2.75) is 39.9 Å². The standard InChI is InChI=1S/C20H28NO4Si/c1-20(2,3)14(11-25-26(4)5)16-17(21-19(16)23)13-10-24-15-9-7-6-8-12(15)18(13)22/h6-9,13-14,16-17H,10-11H2,1-5H3,(H,21,23)/t13-,14+,16-,17+/m0/s1. The van der Waals surface area contributed by atoms with Crippen LogP contribution in [0, 0.1) is 23.2 Å². The van der Waals surface area contributed by atoms with E-state index >= 15 is 0 Å². The molecule has 4 atom stereocenters. The highest BCUT2D eigenvalue weighted by Gasteiger charge is 2.53. The summed E-state index contributed by atoms with van der Waals surface area (Å²) in [5, 5.41) is 2.98. The topological polar surface area (TPSA) is 64.6 Å². The third-order valence-corrected chi connectivity index (χ3v) is 6.18. The van der Waals surface area contributed by atoms with Gasteiger partial charge in [-0.2, -0.15) is 0 Å². The molecule has 0 bridgehead atoms. The Morgan fingerprint density at radius 1 is 1.27 bits per heavy atom. The molecule has 3 rings (SSSR count). The van der Waals surface area contributed by atoms with Gasteiger partial charge in [-0.15, -0.1) is 0 Å². The summed E-state index contributed by atoms with van der Waals surface area (Å²) >= 11 is 0. The van der Waals surface area contributed by atoms with Crippen LogP contribution in [0.2, 0.25) is 13.1 Å². The zero-order chi connectivity index (χ0) is 19.1. The minimum Gasteiger partial charge on any atom is -0.492 e. The lowest BCUT2D eigenvalue weighted by Gasteiger charge is -2.49. The van der Waals surface area contributed by atoms with E-state index in [-0.39, 0.29) is 40.9 Å². The third kappa shape index (κ3) is 3.57. The van der Waals surface area contributed by atoms with Gasteiger partial charge >= 0.3 is 0 Å². The maximum Gasteiger partial charge on any atom is 0.225 e. The molecule has 26 heavy (non-hydrogen) atoms. The van der Waals surface area contributed by atoms with Crippen LogP contribution in [-0.4, -0.2) is 40.0 Å². The van der Waals surface area contributed by atoms with Crippen molar-refractivity contribution in [1.29, 1.82) is 0 Å². The minimum absolute atomic E-state index is 0.0196. The van der Waals surface area contributed by atoms with Crippen molar-refractivity contribution in [3.8, 4) is 5.75 Å². The van der Waals surface area contributed by atoms with Crippen LogP contribution in [0.4, 0.5) is 0 Å². The van der Waals surface area contributed by atoms with Crippen LogP contribution in [0.5, 0.6) is 5.75 Å². The van der Waals surface area contributed by atoms with E-state index in [1.807, 2.05) is 18.2 Å². The smallest absolute Gasteiger partial charge is 0.225 e. The number of Topliss-reactive ketones (excluding diaryl/α,β-unsaturated/α-hetero) is 1. The van der Waals surface area contributed by atoms with Gasteiger partial charge in [0.2, 0.25) is 14.9 Å². The average molecular weight is 375 g/mol. The molecule has 2 heterocycles. The molecule has 0 saturated carbocycles. The van der Waals surface area contributed by atoms with Crippen molar-refractivity contribution >= 4 is 20.7 Å². The van der Waals surface area contributed by atoms with Gasteiger partial charge in [0.25, 0.3) is 0 Å². The number of ether oxygens (including phenoxy) is 1. The molecule has 1 N–H and O–H groups in total. The number of β-lactam (4-membered cyclic amide) rings is 1. The summed E-state index contributed by atoms with van der Waals surface area (Å²) < 4.78 is 11.8. The molecule has 1 aromatic rings. The summed E-state index contributed by atoms with van der Waals surface area (Å²) in [6.45, 7) is 11.5. The Hall–Kier alpha value is -1.66. The fourth-order valence-electron chi connectivity index (χ4n) is 3.87. The lowest BCUT2D eigenvalue weighted by Crippen LogP contribution is -2.68. The van der Waals surface area contributed by atoms with Gasteiger partial charge in [-0.25, -0.2) is 0 Å². The van der Waals surface area contributed by atoms with E-state index in [2.05, 4.69) is 39.2 Å². The van der Waals surface area contributed by atoms with Gasteiger partial charge in [-0.1, -0.05) is 32.9 Å². The summed E-state index contributed by atoms with van der Waals surface area (Å²) in [7, 11) is -0.839. The second-order valence-electron chi connectivity index (χ2n) is 8.53. The highest BCUT2D eigenvalue weighted by atomic mass is 28.3. The lowest BCUT2D eigenvalue weighted by atomic mass is 9.64. The number of rotatable bonds is 5. The number of fused-ring (bicyclic) bond motifs is 1. The van der Waals surface area contributed by atoms with E-state index in [0.29, 0.717) is 24.5 Å². The van der Waals surface area contributed by atoms with Crippen LogP contribution in [-0.2, 0) is 9.22 Å². The number of amides is 1. The van der Waals surface area contributed by atoms with Crippen molar-refractivity contribution in [3.05, 3.63) is 29.8 Å². The number of hydrogen-bond acceptors (Lipinski definition) is 4. The fraction of sp³-hybridized carbons (Fsp3) is 0.600. The number of carbonyl (C=O) groups is 2. The second kappa shape index (κ2) is 7.16. The summed E-state index contributed by atoms with van der Waals surface area (Å²) in [6.07, 6.45) is 0. The van der Waals surface area contributed by atoms with Crippen LogP contribution < -0.4 is 10.1 Å². The fourth-order valence-corrected chi connectivity index (χ4v) is 4.38. The molecule has 2 aliphatic rings. The van der Waals surface area contributed by atoms with Crippen molar-refractivity contribution in [3.63, 3.8) is 0 Å². The van der Waals surface area contributed by atoms with E-state index in [0.717, 1.165) is 0 Å². The number of carbonyl (C=O) groups excluding carboxylic acids is 2. The number of benzene rings is 1. The second-order valence-corrected chi connectivity index (χ2v) is 10.6. The van der Waals surface area contributed by atoms with Crippen molar-refractivity contribution < 1.29 is 18.8 Å². The largest absolute Gasteiger partial charge is 0.492 e. The molecule has 1 aromatic carbocycles.